The molecule has 0 saturated carbocycles. The van der Waals surface area contributed by atoms with Crippen LogP contribution < -0.4 is 5.73 Å². The Balaban J connectivity index is 4.10. The summed E-state index contributed by atoms with van der Waals surface area (Å²) in [6, 6.07) is -0.531. The Hall–Kier alpha value is -1.01. The fourth-order valence-electron chi connectivity index (χ4n) is 1.22. The zero-order valence-corrected chi connectivity index (χ0v) is 9.12. The molecule has 0 heterocycles. The second-order valence-corrected chi connectivity index (χ2v) is 3.29. The molecular weight excluding hydrogens is 176 g/mol. The summed E-state index contributed by atoms with van der Waals surface area (Å²) in [5.41, 5.74) is 5.64. The molecule has 0 radical (unpaired) electrons. The van der Waals surface area contributed by atoms with Gasteiger partial charge in [0.2, 0.25) is 5.91 Å². The minimum atomic E-state index is -0.531. The van der Waals surface area contributed by atoms with Crippen LogP contribution in [0.15, 0.2) is 0 Å². The topological polar surface area (TPSA) is 46.3 Å². The molecule has 3 nitrogen and oxygen atoms in total. The van der Waals surface area contributed by atoms with E-state index < -0.39 is 6.04 Å². The van der Waals surface area contributed by atoms with Crippen LogP contribution in [0.5, 0.6) is 0 Å². The lowest BCUT2D eigenvalue weighted by molar-refractivity contribution is -0.132. The number of unbranched alkanes of at least 4 members (excludes halogenated alkanes) is 1. The Morgan fingerprint density at radius 3 is 2.64 bits per heavy atom. The van der Waals surface area contributed by atoms with Gasteiger partial charge in [-0.25, -0.2) is 0 Å². The quantitative estimate of drug-likeness (QED) is 0.644. The number of terminal acetylenes is 1. The van der Waals surface area contributed by atoms with Crippen LogP contribution in [-0.4, -0.2) is 29.9 Å². The van der Waals surface area contributed by atoms with Crippen molar-refractivity contribution in [2.24, 2.45) is 5.73 Å². The van der Waals surface area contributed by atoms with Crippen molar-refractivity contribution in [3.8, 4) is 12.3 Å². The maximum absolute atomic E-state index is 11.7. The Bertz CT molecular complexity index is 208. The summed E-state index contributed by atoms with van der Waals surface area (Å²) in [5, 5.41) is 0. The van der Waals surface area contributed by atoms with Gasteiger partial charge < -0.3 is 10.6 Å². The number of carbonyl (C=O) groups excluding carboxylic acids is 1. The first-order valence-corrected chi connectivity index (χ1v) is 5.15. The molecule has 0 aliphatic rings. The van der Waals surface area contributed by atoms with Crippen molar-refractivity contribution in [3.05, 3.63) is 0 Å². The maximum atomic E-state index is 11.7. The molecule has 0 fully saturated rings. The summed E-state index contributed by atoms with van der Waals surface area (Å²) in [7, 11) is 0. The molecule has 0 aliphatic carbocycles. The fraction of sp³-hybridized carbons (Fsp3) is 0.727. The van der Waals surface area contributed by atoms with Gasteiger partial charge in [-0.2, -0.15) is 0 Å². The molecule has 0 saturated heterocycles. The Kier molecular flexibility index (Phi) is 6.87. The van der Waals surface area contributed by atoms with Gasteiger partial charge in [0.15, 0.2) is 0 Å². The molecule has 0 aromatic heterocycles. The van der Waals surface area contributed by atoms with E-state index in [0.717, 1.165) is 19.4 Å². The van der Waals surface area contributed by atoms with Crippen molar-refractivity contribution in [1.29, 1.82) is 0 Å². The lowest BCUT2D eigenvalue weighted by Gasteiger charge is -2.23. The molecule has 0 aromatic rings. The highest BCUT2D eigenvalue weighted by Gasteiger charge is 2.17. The number of nitrogens with zero attached hydrogens (tertiary/aromatic N) is 1. The Morgan fingerprint density at radius 2 is 2.21 bits per heavy atom. The number of carbonyl (C=O) groups is 1. The normalized spacial score (nSPS) is 11.9. The average molecular weight is 196 g/mol. The van der Waals surface area contributed by atoms with E-state index in [1.54, 1.807) is 4.90 Å². The van der Waals surface area contributed by atoms with Gasteiger partial charge in [0, 0.05) is 19.5 Å². The summed E-state index contributed by atoms with van der Waals surface area (Å²) in [4.78, 5) is 13.4. The van der Waals surface area contributed by atoms with Crippen LogP contribution in [0.3, 0.4) is 0 Å². The molecule has 1 amide bonds. The van der Waals surface area contributed by atoms with E-state index in [2.05, 4.69) is 12.8 Å². The van der Waals surface area contributed by atoms with E-state index in [-0.39, 0.29) is 5.91 Å². The lowest BCUT2D eigenvalue weighted by atomic mass is 10.2. The van der Waals surface area contributed by atoms with Crippen molar-refractivity contribution in [1.82, 2.24) is 4.90 Å². The summed E-state index contributed by atoms with van der Waals surface area (Å²) in [6.45, 7) is 5.54. The number of hydrogen-bond donors (Lipinski definition) is 1. The Morgan fingerprint density at radius 1 is 1.57 bits per heavy atom. The van der Waals surface area contributed by atoms with Crippen LogP contribution >= 0.6 is 0 Å². The Labute approximate surface area is 86.6 Å². The molecule has 0 aliphatic heterocycles. The third-order valence-corrected chi connectivity index (χ3v) is 2.13. The third kappa shape index (κ3) is 4.29. The molecule has 0 aromatic carbocycles. The maximum Gasteiger partial charge on any atom is 0.240 e. The largest absolute Gasteiger partial charge is 0.342 e. The molecule has 0 rings (SSSR count). The predicted molar refractivity (Wildman–Crippen MR) is 58.6 cm³/mol. The number of rotatable bonds is 6. The number of nitrogens with two attached hydrogens (primary N) is 1. The smallest absolute Gasteiger partial charge is 0.240 e. The van der Waals surface area contributed by atoms with E-state index in [1.807, 2.05) is 6.92 Å². The minimum Gasteiger partial charge on any atom is -0.342 e. The molecule has 3 heteroatoms. The van der Waals surface area contributed by atoms with Gasteiger partial charge in [-0.15, -0.1) is 12.3 Å². The third-order valence-electron chi connectivity index (χ3n) is 2.13. The minimum absolute atomic E-state index is 0.0288. The van der Waals surface area contributed by atoms with Crippen LogP contribution in [0, 0.1) is 12.3 Å². The van der Waals surface area contributed by atoms with E-state index in [9.17, 15) is 4.79 Å². The SMILES string of the molecule is C#CCC(N)C(=O)N(CC)CCCC. The second-order valence-electron chi connectivity index (χ2n) is 3.29. The van der Waals surface area contributed by atoms with Gasteiger partial charge in [0.1, 0.15) is 0 Å². The van der Waals surface area contributed by atoms with Gasteiger partial charge in [0.05, 0.1) is 6.04 Å². The first kappa shape index (κ1) is 13.0. The van der Waals surface area contributed by atoms with E-state index in [1.165, 1.54) is 0 Å². The second kappa shape index (κ2) is 7.40. The van der Waals surface area contributed by atoms with E-state index in [4.69, 9.17) is 12.2 Å². The summed E-state index contributed by atoms with van der Waals surface area (Å²) >= 11 is 0. The number of amides is 1. The van der Waals surface area contributed by atoms with Gasteiger partial charge in [-0.1, -0.05) is 13.3 Å². The molecule has 1 atom stereocenters. The monoisotopic (exact) mass is 196 g/mol. The molecule has 1 unspecified atom stereocenters. The molecule has 2 N–H and O–H groups in total. The summed E-state index contributed by atoms with van der Waals surface area (Å²) in [5.74, 6) is 2.38. The lowest BCUT2D eigenvalue weighted by Crippen LogP contribution is -2.43. The zero-order chi connectivity index (χ0) is 11.0. The van der Waals surface area contributed by atoms with E-state index >= 15 is 0 Å². The van der Waals surface area contributed by atoms with Crippen molar-refractivity contribution < 1.29 is 4.79 Å². The standard InChI is InChI=1S/C11H20N2O/c1-4-7-9-13(6-3)11(14)10(12)8-5-2/h2,10H,4,6-9,12H2,1,3H3. The zero-order valence-electron chi connectivity index (χ0n) is 9.12. The van der Waals surface area contributed by atoms with Crippen molar-refractivity contribution >= 4 is 5.91 Å². The van der Waals surface area contributed by atoms with Crippen LogP contribution in [0.4, 0.5) is 0 Å². The first-order chi connectivity index (χ1) is 6.67. The highest BCUT2D eigenvalue weighted by molar-refractivity contribution is 5.81. The summed E-state index contributed by atoms with van der Waals surface area (Å²) in [6.07, 6.45) is 7.52. The number of hydrogen-bond acceptors (Lipinski definition) is 2. The first-order valence-electron chi connectivity index (χ1n) is 5.15. The van der Waals surface area contributed by atoms with Gasteiger partial charge in [-0.05, 0) is 13.3 Å². The molecular formula is C11H20N2O. The van der Waals surface area contributed by atoms with Crippen molar-refractivity contribution in [3.63, 3.8) is 0 Å². The van der Waals surface area contributed by atoms with Crippen LogP contribution in [0.2, 0.25) is 0 Å². The van der Waals surface area contributed by atoms with Crippen molar-refractivity contribution in [2.75, 3.05) is 13.1 Å². The molecule has 14 heavy (non-hydrogen) atoms. The summed E-state index contributed by atoms with van der Waals surface area (Å²) < 4.78 is 0. The van der Waals surface area contributed by atoms with Crippen LogP contribution in [-0.2, 0) is 4.79 Å². The highest BCUT2D eigenvalue weighted by atomic mass is 16.2. The predicted octanol–water partition coefficient (Wildman–Crippen LogP) is 0.986. The highest BCUT2D eigenvalue weighted by Crippen LogP contribution is 1.99. The van der Waals surface area contributed by atoms with Crippen LogP contribution in [0.25, 0.3) is 0 Å². The van der Waals surface area contributed by atoms with Gasteiger partial charge in [0.25, 0.3) is 0 Å². The fourth-order valence-corrected chi connectivity index (χ4v) is 1.22. The average Bonchev–Trinajstić information content (AvgIpc) is 2.19. The molecule has 80 valence electrons. The van der Waals surface area contributed by atoms with E-state index in [0.29, 0.717) is 13.0 Å². The van der Waals surface area contributed by atoms with Gasteiger partial charge in [-0.3, -0.25) is 4.79 Å². The molecule has 0 bridgehead atoms. The van der Waals surface area contributed by atoms with Crippen LogP contribution in [0.1, 0.15) is 33.1 Å². The van der Waals surface area contributed by atoms with Crippen molar-refractivity contribution in [2.45, 2.75) is 39.2 Å². The number of likely N-dealkylation sites (N-methyl/N-ethyl adjacent to an activating group) is 1. The van der Waals surface area contributed by atoms with Gasteiger partial charge >= 0.3 is 0 Å². The molecule has 0 spiro atoms.